The van der Waals surface area contributed by atoms with Crippen molar-refractivity contribution in [1.82, 2.24) is 29.9 Å². The Bertz CT molecular complexity index is 7400. The molecule has 11 nitrogen and oxygen atoms in total. The summed E-state index contributed by atoms with van der Waals surface area (Å²) >= 11 is 1.81. The van der Waals surface area contributed by atoms with E-state index in [9.17, 15) is 0 Å². The quantitative estimate of drug-likeness (QED) is 0.0974. The lowest BCUT2D eigenvalue weighted by Gasteiger charge is -2.27. The highest BCUT2D eigenvalue weighted by atomic mass is 32.1. The number of anilines is 6. The Labute approximate surface area is 657 Å². The third-order valence-corrected chi connectivity index (χ3v) is 22.8. The van der Waals surface area contributed by atoms with Gasteiger partial charge in [0.25, 0.3) is 0 Å². The smallest absolute Gasteiger partial charge is 0.167 e. The molecule has 16 aromatic carbocycles. The van der Waals surface area contributed by atoms with Gasteiger partial charge in [0.15, 0.2) is 40.5 Å². The molecule has 0 fully saturated rings. The van der Waals surface area contributed by atoms with Gasteiger partial charge in [-0.2, -0.15) is 0 Å². The lowest BCUT2D eigenvalue weighted by atomic mass is 10.0. The maximum Gasteiger partial charge on any atom is 0.167 e. The Kier molecular flexibility index (Phi) is 15.8. The third kappa shape index (κ3) is 11.3. The van der Waals surface area contributed by atoms with Gasteiger partial charge in [-0.1, -0.05) is 297 Å². The van der Waals surface area contributed by atoms with Gasteiger partial charge in [0.2, 0.25) is 0 Å². The van der Waals surface area contributed by atoms with E-state index in [4.69, 9.17) is 43.2 Å². The molecule has 6 aromatic heterocycles. The minimum atomic E-state index is 0.475. The van der Waals surface area contributed by atoms with E-state index < -0.39 is 0 Å². The van der Waals surface area contributed by atoms with Gasteiger partial charge in [-0.25, -0.2) is 29.9 Å². The zero-order chi connectivity index (χ0) is 75.2. The predicted octanol–water partition coefficient (Wildman–Crippen LogP) is 28.1. The highest BCUT2D eigenvalue weighted by molar-refractivity contribution is 7.26. The zero-order valence-electron chi connectivity index (χ0n) is 61.0. The summed E-state index contributed by atoms with van der Waals surface area (Å²) in [7, 11) is 0. The second-order valence-corrected chi connectivity index (χ2v) is 29.4. The number of rotatable bonds is 15. The zero-order valence-corrected chi connectivity index (χ0v) is 61.8. The van der Waals surface area contributed by atoms with Gasteiger partial charge < -0.3 is 23.1 Å². The van der Waals surface area contributed by atoms with Crippen molar-refractivity contribution in [2.75, 3.05) is 9.80 Å². The van der Waals surface area contributed by atoms with Gasteiger partial charge in [-0.05, 0) is 107 Å². The fraction of sp³-hybridized carbons (Fsp3) is 0. The average Bonchev–Trinajstić information content (AvgIpc) is 1.54. The van der Waals surface area contributed by atoms with E-state index >= 15 is 0 Å². The van der Waals surface area contributed by atoms with Crippen LogP contribution >= 0.6 is 11.3 Å². The largest absolute Gasteiger partial charge is 0.455 e. The second-order valence-electron chi connectivity index (χ2n) is 28.3. The van der Waals surface area contributed by atoms with Crippen LogP contribution in [0.15, 0.2) is 389 Å². The van der Waals surface area contributed by atoms with Crippen LogP contribution in [0, 0.1) is 0 Å². The van der Waals surface area contributed by atoms with Crippen molar-refractivity contribution in [3.63, 3.8) is 0 Å². The van der Waals surface area contributed by atoms with Crippen molar-refractivity contribution < 1.29 is 13.3 Å². The first-order valence-electron chi connectivity index (χ1n) is 38.0. The number of furan rings is 3. The van der Waals surface area contributed by atoms with Crippen LogP contribution in [0.5, 0.6) is 0 Å². The van der Waals surface area contributed by atoms with Gasteiger partial charge in [0.05, 0.1) is 49.3 Å². The Balaban J connectivity index is 0.675. The molecule has 0 bridgehead atoms. The van der Waals surface area contributed by atoms with Crippen LogP contribution < -0.4 is 9.80 Å². The number of nitrogens with zero attached hydrogens (tertiary/aromatic N) is 8. The Morgan fingerprint density at radius 1 is 0.202 bits per heavy atom. The number of para-hydroxylation sites is 4. The molecule has 6 heterocycles. The standard InChI is InChI=1S/C102H62N8O3S/c1-6-25-63(26-7-1)65-51-55-72(56-52-65)109(83-61-59-81(94-90(83)79-36-16-19-44-87(79)111-94)101-105-97(68-29-10-3-11-30-68)103-98(106-101)69-31-12-4-13-32-69)85-42-23-40-77-76-39-22-38-74(92(76)113-93(77)85)67-47-49-71(50-48-67)100-104-99(70-33-14-5-15-34-70)107-102(108-100)82-60-62-84(91-80-37-17-20-45-88(80)112-95(82)91)110(73-57-53-66(54-58-73)64-27-8-2-9-28-64)86-43-24-41-78-75-35-18-21-46-89(75)114-96(78)86/h1-62H. The summed E-state index contributed by atoms with van der Waals surface area (Å²) < 4.78 is 24.1. The summed E-state index contributed by atoms with van der Waals surface area (Å²) in [5.41, 5.74) is 21.1. The van der Waals surface area contributed by atoms with E-state index in [-0.39, 0.29) is 0 Å². The van der Waals surface area contributed by atoms with Crippen molar-refractivity contribution in [2.24, 2.45) is 0 Å². The summed E-state index contributed by atoms with van der Waals surface area (Å²) in [5.74, 6) is 3.11. The average molecular weight is 1480 g/mol. The minimum Gasteiger partial charge on any atom is -0.455 e. The molecule has 534 valence electrons. The lowest BCUT2D eigenvalue weighted by molar-refractivity contribution is 0.668. The van der Waals surface area contributed by atoms with E-state index in [1.54, 1.807) is 0 Å². The van der Waals surface area contributed by atoms with Crippen molar-refractivity contribution in [3.05, 3.63) is 376 Å². The molecule has 0 aliphatic carbocycles. The monoisotopic (exact) mass is 1480 g/mol. The molecule has 22 aromatic rings. The van der Waals surface area contributed by atoms with Crippen LogP contribution in [0.1, 0.15) is 0 Å². The highest BCUT2D eigenvalue weighted by Crippen LogP contribution is 2.53. The van der Waals surface area contributed by atoms with Crippen LogP contribution in [-0.2, 0) is 0 Å². The van der Waals surface area contributed by atoms with E-state index in [1.165, 1.54) is 20.2 Å². The molecule has 0 unspecified atom stereocenters. The molecular weight excluding hydrogens is 1420 g/mol. The Morgan fingerprint density at radius 3 is 1.04 bits per heavy atom. The molecule has 0 amide bonds. The van der Waals surface area contributed by atoms with Crippen molar-refractivity contribution in [3.8, 4) is 102 Å². The molecule has 0 N–H and O–H groups in total. The Morgan fingerprint density at radius 2 is 0.553 bits per heavy atom. The molecule has 0 aliphatic rings. The topological polar surface area (TPSA) is 123 Å². The van der Waals surface area contributed by atoms with Gasteiger partial charge >= 0.3 is 0 Å². The second kappa shape index (κ2) is 27.4. The molecule has 0 saturated heterocycles. The minimum absolute atomic E-state index is 0.475. The maximum absolute atomic E-state index is 7.46. The van der Waals surface area contributed by atoms with Gasteiger partial charge in [0.1, 0.15) is 27.9 Å². The molecule has 0 saturated carbocycles. The molecule has 0 atom stereocenters. The van der Waals surface area contributed by atoms with Crippen LogP contribution in [-0.4, -0.2) is 29.9 Å². The maximum atomic E-state index is 7.46. The van der Waals surface area contributed by atoms with Gasteiger partial charge in [-0.3, -0.25) is 0 Å². The normalized spacial score (nSPS) is 11.7. The molecule has 0 radical (unpaired) electrons. The molecule has 0 spiro atoms. The first kappa shape index (κ1) is 65.8. The van der Waals surface area contributed by atoms with Crippen LogP contribution in [0.4, 0.5) is 34.1 Å². The number of benzene rings is 16. The number of aromatic nitrogens is 6. The van der Waals surface area contributed by atoms with Gasteiger partial charge in [-0.15, -0.1) is 11.3 Å². The van der Waals surface area contributed by atoms with Crippen molar-refractivity contribution in [2.45, 2.75) is 0 Å². The fourth-order valence-corrected chi connectivity index (χ4v) is 17.4. The molecule has 22 rings (SSSR count). The first-order valence-corrected chi connectivity index (χ1v) is 38.8. The summed E-state index contributed by atoms with van der Waals surface area (Å²) in [6.45, 7) is 0. The van der Waals surface area contributed by atoms with Crippen molar-refractivity contribution >= 4 is 131 Å². The van der Waals surface area contributed by atoms with Crippen LogP contribution in [0.2, 0.25) is 0 Å². The Hall–Kier alpha value is -15.2. The lowest BCUT2D eigenvalue weighted by Crippen LogP contribution is -2.11. The van der Waals surface area contributed by atoms with Crippen LogP contribution in [0.3, 0.4) is 0 Å². The van der Waals surface area contributed by atoms with Crippen molar-refractivity contribution in [1.29, 1.82) is 0 Å². The third-order valence-electron chi connectivity index (χ3n) is 21.6. The molecule has 114 heavy (non-hydrogen) atoms. The molecule has 0 aliphatic heterocycles. The van der Waals surface area contributed by atoms with Crippen LogP contribution in [0.25, 0.3) is 188 Å². The van der Waals surface area contributed by atoms with Gasteiger partial charge in [0, 0.05) is 76.2 Å². The summed E-state index contributed by atoms with van der Waals surface area (Å²) in [5, 5.41) is 8.08. The van der Waals surface area contributed by atoms with E-state index in [0.717, 1.165) is 150 Å². The highest BCUT2D eigenvalue weighted by Gasteiger charge is 2.30. The fourth-order valence-electron chi connectivity index (χ4n) is 16.2. The van der Waals surface area contributed by atoms with E-state index in [0.29, 0.717) is 51.7 Å². The van der Waals surface area contributed by atoms with E-state index in [1.807, 2.05) is 133 Å². The first-order chi connectivity index (χ1) is 56.5. The number of thiophene rings is 1. The number of hydrogen-bond donors (Lipinski definition) is 0. The van der Waals surface area contributed by atoms with E-state index in [2.05, 4.69) is 265 Å². The number of hydrogen-bond acceptors (Lipinski definition) is 12. The SMILES string of the molecule is c1ccc(-c2ccc(N(c3cccc4c3oc3c(-c5ccc(-c6nc(-c7ccccc7)nc(-c7ccc(N(c8ccc(-c9ccccc9)cc8)c8cccc9c8sc8ccccc89)c8c7oc7ccccc78)n6)cc5)cccc34)c3ccc(-c4nc(-c5ccccc5)nc(-c5ccccc5)n4)c4oc5ccccc5c34)cc2)cc1. The summed E-state index contributed by atoms with van der Waals surface area (Å²) in [6.07, 6.45) is 0. The molecule has 12 heteroatoms. The molecular formula is C102H62N8O3S. The number of fused-ring (bicyclic) bond motifs is 12. The predicted molar refractivity (Wildman–Crippen MR) is 466 cm³/mol. The summed E-state index contributed by atoms with van der Waals surface area (Å²) in [4.78, 5) is 36.3. The summed E-state index contributed by atoms with van der Waals surface area (Å²) in [6, 6.07) is 131.